The van der Waals surface area contributed by atoms with Crippen molar-refractivity contribution in [2.45, 2.75) is 45.5 Å². The summed E-state index contributed by atoms with van der Waals surface area (Å²) in [5, 5.41) is 0. The van der Waals surface area contributed by atoms with Gasteiger partial charge in [0.1, 0.15) is 5.75 Å². The van der Waals surface area contributed by atoms with E-state index in [0.29, 0.717) is 12.4 Å². The molecule has 0 aliphatic carbocycles. The highest BCUT2D eigenvalue weighted by atomic mass is 79.9. The molecule has 1 aromatic rings. The molecule has 5 nitrogen and oxygen atoms in total. The molecule has 1 heterocycles. The third-order valence-corrected chi connectivity index (χ3v) is 3.81. The molecule has 1 amide bonds. The van der Waals surface area contributed by atoms with Crippen molar-refractivity contribution in [2.75, 3.05) is 6.61 Å². The lowest BCUT2D eigenvalue weighted by Gasteiger charge is -2.23. The van der Waals surface area contributed by atoms with Gasteiger partial charge in [-0.1, -0.05) is 6.07 Å². The number of nitrogens with one attached hydrogen (secondary N) is 1. The number of amides is 1. The van der Waals surface area contributed by atoms with Gasteiger partial charge in [-0.15, -0.1) is 0 Å². The van der Waals surface area contributed by atoms with E-state index in [4.69, 9.17) is 14.3 Å². The van der Waals surface area contributed by atoms with Gasteiger partial charge in [-0.25, -0.2) is 10.3 Å². The average molecular weight is 358 g/mol. The summed E-state index contributed by atoms with van der Waals surface area (Å²) in [5.41, 5.74) is 3.51. The minimum Gasteiger partial charge on any atom is -0.480 e. The zero-order valence-corrected chi connectivity index (χ0v) is 13.8. The fourth-order valence-electron chi connectivity index (χ4n) is 1.96. The topological polar surface area (TPSA) is 56.8 Å². The van der Waals surface area contributed by atoms with Crippen LogP contribution in [0, 0.1) is 6.92 Å². The number of benzene rings is 1. The molecule has 21 heavy (non-hydrogen) atoms. The maximum atomic E-state index is 11.9. The molecule has 1 fully saturated rings. The Morgan fingerprint density at radius 3 is 2.95 bits per heavy atom. The quantitative estimate of drug-likeness (QED) is 0.822. The van der Waals surface area contributed by atoms with E-state index < -0.39 is 6.10 Å². The second kappa shape index (κ2) is 7.77. The van der Waals surface area contributed by atoms with Crippen LogP contribution < -0.4 is 10.2 Å². The zero-order valence-electron chi connectivity index (χ0n) is 12.2. The standard InChI is InChI=1S/C15H20BrNO4/c1-10-6-7-13(12(16)9-10)20-11(2)15(18)17-21-14-5-3-4-8-19-14/h6-7,9,11,14H,3-5,8H2,1-2H3,(H,17,18). The average Bonchev–Trinajstić information content (AvgIpc) is 2.48. The van der Waals surface area contributed by atoms with Crippen LogP contribution in [0.5, 0.6) is 5.75 Å². The molecule has 2 rings (SSSR count). The van der Waals surface area contributed by atoms with Gasteiger partial charge >= 0.3 is 0 Å². The van der Waals surface area contributed by atoms with Crippen molar-refractivity contribution in [3.63, 3.8) is 0 Å². The third kappa shape index (κ3) is 4.98. The summed E-state index contributed by atoms with van der Waals surface area (Å²) in [7, 11) is 0. The van der Waals surface area contributed by atoms with Gasteiger partial charge in [-0.2, -0.15) is 0 Å². The fraction of sp³-hybridized carbons (Fsp3) is 0.533. The highest BCUT2D eigenvalue weighted by Crippen LogP contribution is 2.26. The van der Waals surface area contributed by atoms with E-state index in [1.54, 1.807) is 6.92 Å². The second-order valence-electron chi connectivity index (χ2n) is 5.07. The maximum Gasteiger partial charge on any atom is 0.284 e. The molecule has 0 spiro atoms. The van der Waals surface area contributed by atoms with Crippen LogP contribution in [0.2, 0.25) is 0 Å². The van der Waals surface area contributed by atoms with Crippen LogP contribution >= 0.6 is 15.9 Å². The number of rotatable bonds is 5. The van der Waals surface area contributed by atoms with Crippen LogP contribution in [0.25, 0.3) is 0 Å². The summed E-state index contributed by atoms with van der Waals surface area (Å²) in [5.74, 6) is 0.286. The Labute approximate surface area is 133 Å². The first-order chi connectivity index (χ1) is 10.1. The maximum absolute atomic E-state index is 11.9. The molecule has 0 saturated carbocycles. The van der Waals surface area contributed by atoms with Crippen molar-refractivity contribution in [1.29, 1.82) is 0 Å². The van der Waals surface area contributed by atoms with Gasteiger partial charge in [0, 0.05) is 13.0 Å². The van der Waals surface area contributed by atoms with E-state index in [1.807, 2.05) is 25.1 Å². The summed E-state index contributed by atoms with van der Waals surface area (Å²) in [4.78, 5) is 17.2. The van der Waals surface area contributed by atoms with E-state index in [1.165, 1.54) is 0 Å². The molecule has 2 unspecified atom stereocenters. The normalized spacial score (nSPS) is 19.9. The largest absolute Gasteiger partial charge is 0.480 e. The van der Waals surface area contributed by atoms with Gasteiger partial charge in [0.15, 0.2) is 12.4 Å². The predicted molar refractivity (Wildman–Crippen MR) is 81.8 cm³/mol. The molecular weight excluding hydrogens is 338 g/mol. The molecule has 6 heteroatoms. The number of ether oxygens (including phenoxy) is 2. The lowest BCUT2D eigenvalue weighted by molar-refractivity contribution is -0.202. The zero-order chi connectivity index (χ0) is 15.2. The molecule has 116 valence electrons. The van der Waals surface area contributed by atoms with Gasteiger partial charge in [0.2, 0.25) is 0 Å². The lowest BCUT2D eigenvalue weighted by atomic mass is 10.2. The van der Waals surface area contributed by atoms with Crippen molar-refractivity contribution < 1.29 is 19.1 Å². The number of hydrogen-bond acceptors (Lipinski definition) is 4. The van der Waals surface area contributed by atoms with Gasteiger partial charge in [0.05, 0.1) is 4.47 Å². The number of carbonyl (C=O) groups is 1. The summed E-state index contributed by atoms with van der Waals surface area (Å²) in [6, 6.07) is 5.69. The summed E-state index contributed by atoms with van der Waals surface area (Å²) in [6.45, 7) is 4.33. The van der Waals surface area contributed by atoms with Crippen molar-refractivity contribution >= 4 is 21.8 Å². The first kappa shape index (κ1) is 16.3. The van der Waals surface area contributed by atoms with E-state index in [0.717, 1.165) is 29.3 Å². The molecule has 2 atom stereocenters. The summed E-state index contributed by atoms with van der Waals surface area (Å²) >= 11 is 3.42. The predicted octanol–water partition coefficient (Wildman–Crippen LogP) is 3.10. The Bertz CT molecular complexity index is 489. The highest BCUT2D eigenvalue weighted by molar-refractivity contribution is 9.10. The van der Waals surface area contributed by atoms with Crippen LogP contribution in [0.15, 0.2) is 22.7 Å². The van der Waals surface area contributed by atoms with E-state index >= 15 is 0 Å². The fourth-order valence-corrected chi connectivity index (χ4v) is 2.54. The Kier molecular flexibility index (Phi) is 6.02. The second-order valence-corrected chi connectivity index (χ2v) is 5.93. The third-order valence-electron chi connectivity index (χ3n) is 3.19. The molecule has 0 bridgehead atoms. The summed E-state index contributed by atoms with van der Waals surface area (Å²) < 4.78 is 11.8. The summed E-state index contributed by atoms with van der Waals surface area (Å²) in [6.07, 6.45) is 1.85. The first-order valence-electron chi connectivity index (χ1n) is 7.06. The molecule has 1 aliphatic rings. The molecule has 1 saturated heterocycles. The highest BCUT2D eigenvalue weighted by Gasteiger charge is 2.20. The number of hydroxylamine groups is 1. The number of halogens is 1. The Hall–Kier alpha value is -1.11. The SMILES string of the molecule is Cc1ccc(OC(C)C(=O)NOC2CCCCO2)c(Br)c1. The lowest BCUT2D eigenvalue weighted by Crippen LogP contribution is -2.40. The van der Waals surface area contributed by atoms with Crippen LogP contribution in [-0.4, -0.2) is 24.9 Å². The van der Waals surface area contributed by atoms with E-state index in [9.17, 15) is 4.79 Å². The number of hydrogen-bond donors (Lipinski definition) is 1. The molecule has 1 aromatic carbocycles. The minimum absolute atomic E-state index is 0.336. The number of carbonyl (C=O) groups excluding carboxylic acids is 1. The molecule has 1 aliphatic heterocycles. The van der Waals surface area contributed by atoms with Gasteiger partial charge in [-0.05, 0) is 60.3 Å². The Balaban J connectivity index is 1.81. The number of aryl methyl sites for hydroxylation is 1. The Morgan fingerprint density at radius 2 is 2.29 bits per heavy atom. The van der Waals surface area contributed by atoms with Crippen LogP contribution in [0.1, 0.15) is 31.7 Å². The van der Waals surface area contributed by atoms with Gasteiger partial charge in [0.25, 0.3) is 5.91 Å². The molecule has 1 N–H and O–H groups in total. The van der Waals surface area contributed by atoms with E-state index in [2.05, 4.69) is 21.4 Å². The minimum atomic E-state index is -0.660. The van der Waals surface area contributed by atoms with Gasteiger partial charge < -0.3 is 9.47 Å². The van der Waals surface area contributed by atoms with Crippen molar-refractivity contribution in [3.05, 3.63) is 28.2 Å². The van der Waals surface area contributed by atoms with Gasteiger partial charge in [-0.3, -0.25) is 4.79 Å². The van der Waals surface area contributed by atoms with Crippen molar-refractivity contribution in [3.8, 4) is 5.75 Å². The van der Waals surface area contributed by atoms with E-state index in [-0.39, 0.29) is 12.2 Å². The first-order valence-corrected chi connectivity index (χ1v) is 7.85. The monoisotopic (exact) mass is 357 g/mol. The smallest absolute Gasteiger partial charge is 0.284 e. The molecule has 0 radical (unpaired) electrons. The molecule has 0 aromatic heterocycles. The van der Waals surface area contributed by atoms with Crippen LogP contribution in [-0.2, 0) is 14.4 Å². The van der Waals surface area contributed by atoms with Crippen molar-refractivity contribution in [2.24, 2.45) is 0 Å². The van der Waals surface area contributed by atoms with Crippen LogP contribution in [0.4, 0.5) is 0 Å². The van der Waals surface area contributed by atoms with Crippen molar-refractivity contribution in [1.82, 2.24) is 5.48 Å². The molecular formula is C15H20BrNO4. The van der Waals surface area contributed by atoms with Crippen LogP contribution in [0.3, 0.4) is 0 Å². The Morgan fingerprint density at radius 1 is 1.48 bits per heavy atom.